The third-order valence-electron chi connectivity index (χ3n) is 3.07. The van der Waals surface area contributed by atoms with Gasteiger partial charge in [0, 0.05) is 30.9 Å². The van der Waals surface area contributed by atoms with E-state index in [1.807, 2.05) is 0 Å². The van der Waals surface area contributed by atoms with Crippen LogP contribution in [0, 0.1) is 0 Å². The maximum absolute atomic E-state index is 12.2. The van der Waals surface area contributed by atoms with E-state index in [1.165, 1.54) is 20.3 Å². The second-order valence-electron chi connectivity index (χ2n) is 4.32. The van der Waals surface area contributed by atoms with E-state index in [-0.39, 0.29) is 24.8 Å². The van der Waals surface area contributed by atoms with Gasteiger partial charge < -0.3 is 14.2 Å². The second-order valence-corrected chi connectivity index (χ2v) is 4.32. The van der Waals surface area contributed by atoms with Crippen LogP contribution in [0.5, 0.6) is 0 Å². The number of ether oxygens (including phenoxy) is 3. The molecule has 0 bridgehead atoms. The van der Waals surface area contributed by atoms with Gasteiger partial charge in [-0.1, -0.05) is 24.3 Å². The van der Waals surface area contributed by atoms with Crippen molar-refractivity contribution in [2.24, 2.45) is 0 Å². The van der Waals surface area contributed by atoms with Crippen molar-refractivity contribution >= 4 is 11.6 Å². The summed E-state index contributed by atoms with van der Waals surface area (Å²) >= 11 is 0. The predicted molar refractivity (Wildman–Crippen MR) is 71.8 cm³/mol. The first kappa shape index (κ1) is 14.6. The summed E-state index contributed by atoms with van der Waals surface area (Å²) in [4.78, 5) is 24.1. The van der Waals surface area contributed by atoms with E-state index in [1.54, 1.807) is 24.3 Å². The highest BCUT2D eigenvalue weighted by molar-refractivity contribution is 6.24. The molecule has 0 atom stereocenters. The average molecular weight is 276 g/mol. The maximum Gasteiger partial charge on any atom is 0.192 e. The Morgan fingerprint density at radius 2 is 1.70 bits per heavy atom. The molecular weight excluding hydrogens is 260 g/mol. The zero-order chi connectivity index (χ0) is 14.5. The van der Waals surface area contributed by atoms with E-state index in [9.17, 15) is 9.59 Å². The molecule has 0 aliphatic heterocycles. The molecule has 0 radical (unpaired) electrons. The molecule has 0 heterocycles. The molecule has 20 heavy (non-hydrogen) atoms. The first-order valence-corrected chi connectivity index (χ1v) is 6.19. The van der Waals surface area contributed by atoms with Crippen LogP contribution < -0.4 is 0 Å². The Labute approximate surface area is 117 Å². The summed E-state index contributed by atoms with van der Waals surface area (Å²) in [6, 6.07) is 6.77. The van der Waals surface area contributed by atoms with E-state index in [0.717, 1.165) is 0 Å². The van der Waals surface area contributed by atoms with Gasteiger partial charge in [-0.15, -0.1) is 0 Å². The molecule has 0 fully saturated rings. The molecule has 0 saturated carbocycles. The Hall–Kier alpha value is -1.82. The normalized spacial score (nSPS) is 14.4. The first-order valence-electron chi connectivity index (χ1n) is 6.19. The fraction of sp³-hybridized carbons (Fsp3) is 0.333. The summed E-state index contributed by atoms with van der Waals surface area (Å²) in [6.07, 6.45) is 0.844. The van der Waals surface area contributed by atoms with Gasteiger partial charge in [0.2, 0.25) is 0 Å². The minimum Gasteiger partial charge on any atom is -0.371 e. The quantitative estimate of drug-likeness (QED) is 0.739. The largest absolute Gasteiger partial charge is 0.371 e. The van der Waals surface area contributed by atoms with Crippen molar-refractivity contribution in [2.75, 3.05) is 27.4 Å². The van der Waals surface area contributed by atoms with Gasteiger partial charge in [0.05, 0.1) is 13.2 Å². The highest BCUT2D eigenvalue weighted by Gasteiger charge is 2.25. The van der Waals surface area contributed by atoms with Crippen molar-refractivity contribution < 1.29 is 23.8 Å². The third kappa shape index (κ3) is 3.01. The van der Waals surface area contributed by atoms with Crippen LogP contribution in [0.3, 0.4) is 0 Å². The number of Topliss-reactive ketones (excluding diaryl/α,β-unsaturated/α-hetero) is 1. The van der Waals surface area contributed by atoms with Gasteiger partial charge in [0.25, 0.3) is 0 Å². The van der Waals surface area contributed by atoms with E-state index >= 15 is 0 Å². The van der Waals surface area contributed by atoms with Crippen molar-refractivity contribution in [3.8, 4) is 0 Å². The summed E-state index contributed by atoms with van der Waals surface area (Å²) in [5, 5.41) is 0. The van der Waals surface area contributed by atoms with Gasteiger partial charge in [-0.25, -0.2) is 0 Å². The molecule has 0 amide bonds. The molecule has 0 unspecified atom stereocenters. The minimum absolute atomic E-state index is 0.0577. The highest BCUT2D eigenvalue weighted by atomic mass is 16.7. The van der Waals surface area contributed by atoms with Crippen molar-refractivity contribution in [2.45, 2.75) is 6.29 Å². The summed E-state index contributed by atoms with van der Waals surface area (Å²) in [6.45, 7) is 0.246. The topological polar surface area (TPSA) is 61.8 Å². The van der Waals surface area contributed by atoms with Crippen LogP contribution in [-0.4, -0.2) is 45.3 Å². The lowest BCUT2D eigenvalue weighted by Crippen LogP contribution is -2.24. The number of ketones is 2. The van der Waals surface area contributed by atoms with Crippen molar-refractivity contribution in [3.63, 3.8) is 0 Å². The second kappa shape index (κ2) is 6.56. The molecule has 1 aliphatic carbocycles. The smallest absolute Gasteiger partial charge is 0.192 e. The Morgan fingerprint density at radius 1 is 1.05 bits per heavy atom. The van der Waals surface area contributed by atoms with Crippen molar-refractivity contribution in [1.29, 1.82) is 0 Å². The summed E-state index contributed by atoms with van der Waals surface area (Å²) in [5.41, 5.74) is 1.21. The lowest BCUT2D eigenvalue weighted by molar-refractivity contribution is -0.137. The molecule has 0 saturated heterocycles. The highest BCUT2D eigenvalue weighted by Crippen LogP contribution is 2.21. The van der Waals surface area contributed by atoms with Gasteiger partial charge in [-0.3, -0.25) is 9.59 Å². The van der Waals surface area contributed by atoms with Crippen LogP contribution in [-0.2, 0) is 14.2 Å². The van der Waals surface area contributed by atoms with Crippen molar-refractivity contribution in [3.05, 3.63) is 47.0 Å². The van der Waals surface area contributed by atoms with Gasteiger partial charge >= 0.3 is 0 Å². The van der Waals surface area contributed by atoms with Crippen molar-refractivity contribution in [1.82, 2.24) is 0 Å². The van der Waals surface area contributed by atoms with Gasteiger partial charge in [0.1, 0.15) is 0 Å². The molecule has 1 aromatic carbocycles. The Morgan fingerprint density at radius 3 is 2.35 bits per heavy atom. The minimum atomic E-state index is -0.489. The number of carbonyl (C=O) groups is 2. The lowest BCUT2D eigenvalue weighted by atomic mass is 9.90. The monoisotopic (exact) mass is 276 g/mol. The van der Waals surface area contributed by atoms with Crippen LogP contribution in [0.1, 0.15) is 20.7 Å². The number of hydrogen-bond acceptors (Lipinski definition) is 5. The molecule has 0 aromatic heterocycles. The molecular formula is C15H16O5. The molecule has 106 valence electrons. The standard InChI is InChI=1S/C15H16O5/c1-18-14(19-2)9-20-8-10-7-13(16)11-5-3-4-6-12(11)15(10)17/h3-7,14H,8-9H2,1-2H3. The van der Waals surface area contributed by atoms with Crippen LogP contribution in [0.2, 0.25) is 0 Å². The van der Waals surface area contributed by atoms with Crippen LogP contribution in [0.4, 0.5) is 0 Å². The molecule has 1 aromatic rings. The Kier molecular flexibility index (Phi) is 4.79. The van der Waals surface area contributed by atoms with E-state index in [2.05, 4.69) is 0 Å². The molecule has 0 spiro atoms. The lowest BCUT2D eigenvalue weighted by Gasteiger charge is -2.17. The summed E-state index contributed by atoms with van der Waals surface area (Å²) < 4.78 is 15.3. The fourth-order valence-electron chi connectivity index (χ4n) is 1.98. The Balaban J connectivity index is 2.04. The zero-order valence-electron chi connectivity index (χ0n) is 11.4. The first-order chi connectivity index (χ1) is 9.67. The number of carbonyl (C=O) groups excluding carboxylic acids is 2. The van der Waals surface area contributed by atoms with Crippen LogP contribution >= 0.6 is 0 Å². The van der Waals surface area contributed by atoms with Gasteiger partial charge in [-0.05, 0) is 6.08 Å². The number of fused-ring (bicyclic) bond motifs is 1. The average Bonchev–Trinajstić information content (AvgIpc) is 2.48. The molecule has 1 aliphatic rings. The summed E-state index contributed by atoms with van der Waals surface area (Å²) in [7, 11) is 3.00. The number of benzene rings is 1. The van der Waals surface area contributed by atoms with Crippen LogP contribution in [0.15, 0.2) is 35.9 Å². The number of rotatable bonds is 6. The molecule has 2 rings (SSSR count). The molecule has 5 nitrogen and oxygen atoms in total. The predicted octanol–water partition coefficient (Wildman–Crippen LogP) is 1.63. The Bertz CT molecular complexity index is 543. The van der Waals surface area contributed by atoms with E-state index in [0.29, 0.717) is 16.7 Å². The van der Waals surface area contributed by atoms with Crippen LogP contribution in [0.25, 0.3) is 0 Å². The summed E-state index contributed by atoms with van der Waals surface area (Å²) in [5.74, 6) is -0.347. The number of hydrogen-bond donors (Lipinski definition) is 0. The number of methoxy groups -OCH3 is 2. The SMILES string of the molecule is COC(COCC1=CC(=O)c2ccccc2C1=O)OC. The number of allylic oxidation sites excluding steroid dienone is 1. The zero-order valence-corrected chi connectivity index (χ0v) is 11.4. The van der Waals surface area contributed by atoms with Gasteiger partial charge in [0.15, 0.2) is 17.9 Å². The maximum atomic E-state index is 12.2. The van der Waals surface area contributed by atoms with E-state index in [4.69, 9.17) is 14.2 Å². The molecule has 5 heteroatoms. The molecule has 0 N–H and O–H groups in total. The fourth-order valence-corrected chi connectivity index (χ4v) is 1.98. The third-order valence-corrected chi connectivity index (χ3v) is 3.07. The van der Waals surface area contributed by atoms with Gasteiger partial charge in [-0.2, -0.15) is 0 Å². The van der Waals surface area contributed by atoms with E-state index < -0.39 is 6.29 Å².